The quantitative estimate of drug-likeness (QED) is 0.476. The third kappa shape index (κ3) is 7.50. The highest BCUT2D eigenvalue weighted by Gasteiger charge is 2.08. The highest BCUT2D eigenvalue weighted by Crippen LogP contribution is 2.16. The summed E-state index contributed by atoms with van der Waals surface area (Å²) in [5, 5.41) is 2.33. The molecule has 0 atom stereocenters. The zero-order valence-corrected chi connectivity index (χ0v) is 16.3. The molecular formula is C19H21N3O5S. The molecule has 0 aromatic heterocycles. The fourth-order valence-electron chi connectivity index (χ4n) is 2.03. The normalized spacial score (nSPS) is 9.79. The molecular weight excluding hydrogens is 382 g/mol. The Bertz CT molecular complexity index is 827. The third-order valence-corrected chi connectivity index (χ3v) is 3.56. The predicted octanol–water partition coefficient (Wildman–Crippen LogP) is 1.48. The number of thiocarbonyl (C=S) groups is 1. The number of hydrogen-bond acceptors (Lipinski definition) is 6. The van der Waals surface area contributed by atoms with Crippen molar-refractivity contribution < 1.29 is 23.8 Å². The number of hydrogen-bond donors (Lipinski definition) is 3. The molecule has 0 radical (unpaired) electrons. The standard InChI is InChI=1S/C19H21N3O5S/c1-13-4-3-5-16(10-13)27-11-17(23)20-19(28)22-21-18(24)12-26-15-8-6-14(25-2)7-9-15/h3-10H,11-12H2,1-2H3,(H,21,24)(H2,20,22,23,28). The van der Waals surface area contributed by atoms with E-state index in [1.165, 1.54) is 0 Å². The molecule has 3 N–H and O–H groups in total. The topological polar surface area (TPSA) is 97.9 Å². The summed E-state index contributed by atoms with van der Waals surface area (Å²) in [6.45, 7) is 1.49. The molecule has 0 heterocycles. The second-order valence-corrected chi connectivity index (χ2v) is 6.03. The number of carbonyl (C=O) groups is 2. The van der Waals surface area contributed by atoms with Gasteiger partial charge in [0.15, 0.2) is 18.3 Å². The predicted molar refractivity (Wildman–Crippen MR) is 107 cm³/mol. The number of hydrazine groups is 1. The minimum Gasteiger partial charge on any atom is -0.497 e. The molecule has 0 aliphatic carbocycles. The Morgan fingerprint density at radius 1 is 0.893 bits per heavy atom. The Morgan fingerprint density at radius 2 is 1.54 bits per heavy atom. The van der Waals surface area contributed by atoms with Gasteiger partial charge in [0.05, 0.1) is 7.11 Å². The lowest BCUT2D eigenvalue weighted by Gasteiger charge is -2.12. The first-order chi connectivity index (χ1) is 13.5. The SMILES string of the molecule is COc1ccc(OCC(=O)NNC(=S)NC(=O)COc2cccc(C)c2)cc1. The van der Waals surface area contributed by atoms with Crippen LogP contribution < -0.4 is 30.4 Å². The molecule has 28 heavy (non-hydrogen) atoms. The van der Waals surface area contributed by atoms with E-state index in [1.54, 1.807) is 37.4 Å². The van der Waals surface area contributed by atoms with Crippen molar-refractivity contribution in [2.45, 2.75) is 6.92 Å². The van der Waals surface area contributed by atoms with Crippen molar-refractivity contribution in [3.63, 3.8) is 0 Å². The van der Waals surface area contributed by atoms with Gasteiger partial charge < -0.3 is 14.2 Å². The van der Waals surface area contributed by atoms with Gasteiger partial charge in [0.25, 0.3) is 11.8 Å². The van der Waals surface area contributed by atoms with Crippen LogP contribution in [0.5, 0.6) is 17.2 Å². The molecule has 0 unspecified atom stereocenters. The van der Waals surface area contributed by atoms with E-state index in [9.17, 15) is 9.59 Å². The van der Waals surface area contributed by atoms with Crippen LogP contribution in [0.1, 0.15) is 5.56 Å². The number of rotatable bonds is 7. The van der Waals surface area contributed by atoms with Crippen molar-refractivity contribution in [1.29, 1.82) is 0 Å². The third-order valence-electron chi connectivity index (χ3n) is 3.36. The van der Waals surface area contributed by atoms with Crippen LogP contribution in [0.2, 0.25) is 0 Å². The number of carbonyl (C=O) groups excluding carboxylic acids is 2. The molecule has 2 aromatic rings. The molecule has 0 saturated heterocycles. The first-order valence-corrected chi connectivity index (χ1v) is 8.72. The van der Waals surface area contributed by atoms with Gasteiger partial charge in [-0.15, -0.1) is 0 Å². The number of benzene rings is 2. The summed E-state index contributed by atoms with van der Waals surface area (Å²) in [7, 11) is 1.56. The lowest BCUT2D eigenvalue weighted by molar-refractivity contribution is -0.124. The van der Waals surface area contributed by atoms with Crippen molar-refractivity contribution in [3.8, 4) is 17.2 Å². The van der Waals surface area contributed by atoms with Gasteiger partial charge in [-0.25, -0.2) is 0 Å². The molecule has 148 valence electrons. The number of ether oxygens (including phenoxy) is 3. The van der Waals surface area contributed by atoms with Crippen molar-refractivity contribution in [2.24, 2.45) is 0 Å². The number of amides is 2. The van der Waals surface area contributed by atoms with E-state index in [0.717, 1.165) is 5.56 Å². The molecule has 8 nitrogen and oxygen atoms in total. The maximum absolute atomic E-state index is 11.8. The van der Waals surface area contributed by atoms with Crippen molar-refractivity contribution in [1.82, 2.24) is 16.2 Å². The Kier molecular flexibility index (Phi) is 8.04. The van der Waals surface area contributed by atoms with E-state index in [-0.39, 0.29) is 18.3 Å². The summed E-state index contributed by atoms with van der Waals surface area (Å²) in [6, 6.07) is 14.1. The lowest BCUT2D eigenvalue weighted by atomic mass is 10.2. The van der Waals surface area contributed by atoms with Crippen LogP contribution in [-0.4, -0.2) is 37.3 Å². The Balaban J connectivity index is 1.63. The average Bonchev–Trinajstić information content (AvgIpc) is 2.69. The van der Waals surface area contributed by atoms with Crippen LogP contribution in [0, 0.1) is 6.92 Å². The molecule has 0 bridgehead atoms. The largest absolute Gasteiger partial charge is 0.497 e. The molecule has 0 aliphatic rings. The second-order valence-electron chi connectivity index (χ2n) is 5.62. The van der Waals surface area contributed by atoms with Crippen LogP contribution in [0.3, 0.4) is 0 Å². The fourth-order valence-corrected chi connectivity index (χ4v) is 2.20. The molecule has 0 saturated carbocycles. The van der Waals surface area contributed by atoms with Gasteiger partial charge in [-0.3, -0.25) is 25.8 Å². The van der Waals surface area contributed by atoms with Crippen molar-refractivity contribution in [2.75, 3.05) is 20.3 Å². The molecule has 2 rings (SSSR count). The molecule has 0 fully saturated rings. The van der Waals surface area contributed by atoms with Gasteiger partial charge in [0, 0.05) is 0 Å². The summed E-state index contributed by atoms with van der Waals surface area (Å²) in [4.78, 5) is 23.6. The van der Waals surface area contributed by atoms with Gasteiger partial charge in [0.2, 0.25) is 0 Å². The minimum absolute atomic E-state index is 0.0596. The van der Waals surface area contributed by atoms with Gasteiger partial charge in [-0.05, 0) is 61.1 Å². The van der Waals surface area contributed by atoms with Crippen molar-refractivity contribution >= 4 is 29.1 Å². The number of methoxy groups -OCH3 is 1. The summed E-state index contributed by atoms with van der Waals surface area (Å²) in [5.41, 5.74) is 5.77. The molecule has 9 heteroatoms. The van der Waals surface area contributed by atoms with Gasteiger partial charge in [-0.1, -0.05) is 12.1 Å². The van der Waals surface area contributed by atoms with E-state index in [1.807, 2.05) is 25.1 Å². The monoisotopic (exact) mass is 403 g/mol. The van der Waals surface area contributed by atoms with Gasteiger partial charge in [0.1, 0.15) is 17.2 Å². The molecule has 2 amide bonds. The van der Waals surface area contributed by atoms with Crippen LogP contribution >= 0.6 is 12.2 Å². The Hall–Kier alpha value is -3.33. The van der Waals surface area contributed by atoms with Crippen LogP contribution in [-0.2, 0) is 9.59 Å². The lowest BCUT2D eigenvalue weighted by Crippen LogP contribution is -2.50. The van der Waals surface area contributed by atoms with Crippen molar-refractivity contribution in [3.05, 3.63) is 54.1 Å². The van der Waals surface area contributed by atoms with Gasteiger partial charge in [-0.2, -0.15) is 0 Å². The first-order valence-electron chi connectivity index (χ1n) is 8.31. The van der Waals surface area contributed by atoms with E-state index in [2.05, 4.69) is 16.2 Å². The maximum Gasteiger partial charge on any atom is 0.276 e. The smallest absolute Gasteiger partial charge is 0.276 e. The highest BCUT2D eigenvalue weighted by molar-refractivity contribution is 7.80. The average molecular weight is 403 g/mol. The number of nitrogens with one attached hydrogen (secondary N) is 3. The van der Waals surface area contributed by atoms with Crippen LogP contribution in [0.4, 0.5) is 0 Å². The summed E-state index contributed by atoms with van der Waals surface area (Å²) >= 11 is 4.94. The van der Waals surface area contributed by atoms with E-state index >= 15 is 0 Å². The first kappa shape index (κ1) is 21.0. The highest BCUT2D eigenvalue weighted by atomic mass is 32.1. The van der Waals surface area contributed by atoms with Crippen LogP contribution in [0.15, 0.2) is 48.5 Å². The number of aryl methyl sites for hydroxylation is 1. The fraction of sp³-hybridized carbons (Fsp3) is 0.211. The maximum atomic E-state index is 11.8. The zero-order valence-electron chi connectivity index (χ0n) is 15.5. The second kappa shape index (κ2) is 10.7. The summed E-state index contributed by atoms with van der Waals surface area (Å²) in [5.74, 6) is 0.857. The van der Waals surface area contributed by atoms with E-state index in [4.69, 9.17) is 26.4 Å². The molecule has 0 spiro atoms. The Morgan fingerprint density at radius 3 is 2.21 bits per heavy atom. The Labute approximate surface area is 168 Å². The summed E-state index contributed by atoms with van der Waals surface area (Å²) < 4.78 is 15.7. The van der Waals surface area contributed by atoms with E-state index in [0.29, 0.717) is 17.2 Å². The minimum atomic E-state index is -0.469. The molecule has 0 aliphatic heterocycles. The van der Waals surface area contributed by atoms with Crippen LogP contribution in [0.25, 0.3) is 0 Å². The summed E-state index contributed by atoms with van der Waals surface area (Å²) in [6.07, 6.45) is 0. The zero-order chi connectivity index (χ0) is 20.4. The van der Waals surface area contributed by atoms with Gasteiger partial charge >= 0.3 is 0 Å². The van der Waals surface area contributed by atoms with E-state index < -0.39 is 11.8 Å². The molecule has 2 aromatic carbocycles.